The van der Waals surface area contributed by atoms with Gasteiger partial charge in [0.05, 0.1) is 9.80 Å². The van der Waals surface area contributed by atoms with E-state index in [9.17, 15) is 19.3 Å². The lowest BCUT2D eigenvalue weighted by Crippen LogP contribution is -2.10. The lowest BCUT2D eigenvalue weighted by molar-refractivity contribution is -0.387. The number of carbonyl (C=O) groups is 1. The second-order valence-electron chi connectivity index (χ2n) is 4.20. The Morgan fingerprint density at radius 2 is 2.14 bits per heavy atom. The van der Waals surface area contributed by atoms with Crippen molar-refractivity contribution in [2.45, 2.75) is 13.3 Å². The Bertz CT molecular complexity index is 683. The van der Waals surface area contributed by atoms with Crippen LogP contribution >= 0.6 is 11.3 Å². The number of benzene rings is 1. The van der Waals surface area contributed by atoms with Crippen molar-refractivity contribution in [2.24, 2.45) is 0 Å². The minimum atomic E-state index is -0.991. The molecule has 0 saturated heterocycles. The number of ketones is 1. The molecule has 1 aromatic carbocycles. The fourth-order valence-electron chi connectivity index (χ4n) is 1.66. The van der Waals surface area contributed by atoms with Crippen LogP contribution in [0.2, 0.25) is 0 Å². The van der Waals surface area contributed by atoms with Crippen molar-refractivity contribution in [1.29, 1.82) is 0 Å². The summed E-state index contributed by atoms with van der Waals surface area (Å²) in [7, 11) is 0. The molecule has 0 radical (unpaired) electrons. The van der Waals surface area contributed by atoms with Crippen molar-refractivity contribution in [2.75, 3.05) is 6.61 Å². The first-order valence-electron chi connectivity index (χ1n) is 6.20. The molecule has 0 amide bonds. The number of carbonyl (C=O) groups excluding carboxylic acids is 1. The second-order valence-corrected chi connectivity index (χ2v) is 5.37. The minimum Gasteiger partial charge on any atom is -0.485 e. The number of nitro benzene ring substituents is 1. The topological polar surface area (TPSA) is 69.4 Å². The van der Waals surface area contributed by atoms with Crippen LogP contribution < -0.4 is 4.74 Å². The lowest BCUT2D eigenvalue weighted by atomic mass is 10.3. The zero-order valence-corrected chi connectivity index (χ0v) is 12.0. The monoisotopic (exact) mass is 309 g/mol. The van der Waals surface area contributed by atoms with E-state index in [1.807, 2.05) is 13.0 Å². The van der Waals surface area contributed by atoms with Gasteiger partial charge >= 0.3 is 5.69 Å². The van der Waals surface area contributed by atoms with Crippen molar-refractivity contribution in [3.63, 3.8) is 0 Å². The summed E-state index contributed by atoms with van der Waals surface area (Å²) < 4.78 is 18.6. The minimum absolute atomic E-state index is 0.0821. The van der Waals surface area contributed by atoms with Crippen LogP contribution in [0.15, 0.2) is 30.3 Å². The van der Waals surface area contributed by atoms with Crippen LogP contribution in [0.3, 0.4) is 0 Å². The van der Waals surface area contributed by atoms with E-state index in [0.29, 0.717) is 4.88 Å². The quantitative estimate of drug-likeness (QED) is 0.464. The van der Waals surface area contributed by atoms with Crippen molar-refractivity contribution >= 4 is 22.8 Å². The number of Topliss-reactive ketones (excluding diaryl/α,β-unsaturated/α-hetero) is 1. The van der Waals surface area contributed by atoms with Crippen molar-refractivity contribution in [3.05, 3.63) is 56.0 Å². The number of hydrogen-bond acceptors (Lipinski definition) is 5. The normalized spacial score (nSPS) is 10.4. The Kier molecular flexibility index (Phi) is 4.64. The molecular formula is C14H12FNO4S. The third kappa shape index (κ3) is 3.63. The van der Waals surface area contributed by atoms with Crippen LogP contribution in [-0.4, -0.2) is 17.3 Å². The molecule has 110 valence electrons. The number of halogens is 1. The zero-order chi connectivity index (χ0) is 15.4. The summed E-state index contributed by atoms with van der Waals surface area (Å²) in [5.74, 6) is -1.12. The molecule has 7 heteroatoms. The molecule has 1 heterocycles. The van der Waals surface area contributed by atoms with E-state index in [1.54, 1.807) is 6.07 Å². The van der Waals surface area contributed by atoms with Crippen molar-refractivity contribution in [3.8, 4) is 5.75 Å². The standard InChI is InChI=1S/C14H12FNO4S/c1-2-10-4-6-14(21-10)13(17)8-20-9-3-5-12(16(18)19)11(15)7-9/h3-7H,2,8H2,1H3. The van der Waals surface area contributed by atoms with E-state index in [4.69, 9.17) is 4.74 Å². The Morgan fingerprint density at radius 3 is 2.71 bits per heavy atom. The van der Waals surface area contributed by atoms with Crippen LogP contribution in [0.1, 0.15) is 21.5 Å². The van der Waals surface area contributed by atoms with E-state index in [1.165, 1.54) is 17.4 Å². The molecule has 0 N–H and O–H groups in total. The van der Waals surface area contributed by atoms with E-state index < -0.39 is 16.4 Å². The van der Waals surface area contributed by atoms with Crippen LogP contribution in [0.4, 0.5) is 10.1 Å². The highest BCUT2D eigenvalue weighted by atomic mass is 32.1. The van der Waals surface area contributed by atoms with Gasteiger partial charge in [0.25, 0.3) is 0 Å². The fraction of sp³-hybridized carbons (Fsp3) is 0.214. The van der Waals surface area contributed by atoms with Crippen LogP contribution in [0.25, 0.3) is 0 Å². The Labute approximate surface area is 124 Å². The molecule has 2 rings (SSSR count). The summed E-state index contributed by atoms with van der Waals surface area (Å²) in [6.07, 6.45) is 0.854. The predicted molar refractivity (Wildman–Crippen MR) is 76.6 cm³/mol. The Hall–Kier alpha value is -2.28. The average molecular weight is 309 g/mol. The summed E-state index contributed by atoms with van der Waals surface area (Å²) in [5, 5.41) is 10.5. The summed E-state index contributed by atoms with van der Waals surface area (Å²) in [4.78, 5) is 23.2. The first-order chi connectivity index (χ1) is 10.0. The van der Waals surface area contributed by atoms with Gasteiger partial charge in [-0.05, 0) is 24.6 Å². The third-order valence-corrected chi connectivity index (χ3v) is 4.04. The first-order valence-corrected chi connectivity index (χ1v) is 7.01. The second kappa shape index (κ2) is 6.45. The largest absolute Gasteiger partial charge is 0.485 e. The zero-order valence-electron chi connectivity index (χ0n) is 11.2. The van der Waals surface area contributed by atoms with Crippen LogP contribution in [0.5, 0.6) is 5.75 Å². The molecule has 0 aliphatic rings. The molecule has 0 atom stereocenters. The molecular weight excluding hydrogens is 297 g/mol. The van der Waals surface area contributed by atoms with E-state index in [0.717, 1.165) is 23.4 Å². The fourth-order valence-corrected chi connectivity index (χ4v) is 2.54. The summed E-state index contributed by atoms with van der Waals surface area (Å²) in [5.41, 5.74) is -0.625. The average Bonchev–Trinajstić information content (AvgIpc) is 2.93. The van der Waals surface area contributed by atoms with Gasteiger partial charge in [-0.25, -0.2) is 0 Å². The lowest BCUT2D eigenvalue weighted by Gasteiger charge is -2.04. The van der Waals surface area contributed by atoms with Crippen LogP contribution in [0, 0.1) is 15.9 Å². The third-order valence-electron chi connectivity index (χ3n) is 2.77. The highest BCUT2D eigenvalue weighted by Crippen LogP contribution is 2.23. The number of hydrogen-bond donors (Lipinski definition) is 0. The summed E-state index contributed by atoms with van der Waals surface area (Å²) >= 11 is 1.39. The number of aryl methyl sites for hydroxylation is 1. The van der Waals surface area contributed by atoms with Gasteiger partial charge < -0.3 is 4.74 Å². The molecule has 0 aliphatic heterocycles. The Balaban J connectivity index is 2.01. The molecule has 21 heavy (non-hydrogen) atoms. The maximum atomic E-state index is 13.4. The molecule has 2 aromatic rings. The van der Waals surface area contributed by atoms with Gasteiger partial charge in [-0.3, -0.25) is 14.9 Å². The molecule has 1 aromatic heterocycles. The molecule has 0 saturated carbocycles. The molecule has 0 spiro atoms. The number of rotatable bonds is 6. The van der Waals surface area contributed by atoms with Gasteiger partial charge in [0.15, 0.2) is 6.61 Å². The van der Waals surface area contributed by atoms with E-state index in [2.05, 4.69) is 0 Å². The van der Waals surface area contributed by atoms with Gasteiger partial charge in [0, 0.05) is 17.0 Å². The molecule has 0 unspecified atom stereocenters. The van der Waals surface area contributed by atoms with Gasteiger partial charge in [-0.1, -0.05) is 6.92 Å². The molecule has 0 bridgehead atoms. The first kappa shape index (κ1) is 15.1. The highest BCUT2D eigenvalue weighted by Gasteiger charge is 2.15. The van der Waals surface area contributed by atoms with Gasteiger partial charge in [0.2, 0.25) is 11.6 Å². The molecule has 0 fully saturated rings. The van der Waals surface area contributed by atoms with Gasteiger partial charge in [0.1, 0.15) is 5.75 Å². The summed E-state index contributed by atoms with van der Waals surface area (Å²) in [6, 6.07) is 6.78. The maximum absolute atomic E-state index is 13.4. The smallest absolute Gasteiger partial charge is 0.305 e. The van der Waals surface area contributed by atoms with Crippen LogP contribution in [-0.2, 0) is 6.42 Å². The van der Waals surface area contributed by atoms with Gasteiger partial charge in [-0.2, -0.15) is 4.39 Å². The number of thiophene rings is 1. The van der Waals surface area contributed by atoms with Crippen molar-refractivity contribution in [1.82, 2.24) is 0 Å². The highest BCUT2D eigenvalue weighted by molar-refractivity contribution is 7.14. The molecule has 0 aliphatic carbocycles. The van der Waals surface area contributed by atoms with Crippen molar-refractivity contribution < 1.29 is 18.8 Å². The summed E-state index contributed by atoms with van der Waals surface area (Å²) in [6.45, 7) is 1.76. The Morgan fingerprint density at radius 1 is 1.38 bits per heavy atom. The predicted octanol–water partition coefficient (Wildman–Crippen LogP) is 3.62. The number of ether oxygens (including phenoxy) is 1. The van der Waals surface area contributed by atoms with Gasteiger partial charge in [-0.15, -0.1) is 11.3 Å². The number of nitro groups is 1. The van der Waals surface area contributed by atoms with E-state index in [-0.39, 0.29) is 18.1 Å². The van der Waals surface area contributed by atoms with E-state index >= 15 is 0 Å². The molecule has 5 nitrogen and oxygen atoms in total. The SMILES string of the molecule is CCc1ccc(C(=O)COc2ccc([N+](=O)[O-])c(F)c2)s1. The number of nitrogens with zero attached hydrogens (tertiary/aromatic N) is 1. The maximum Gasteiger partial charge on any atom is 0.305 e.